The van der Waals surface area contributed by atoms with Crippen molar-refractivity contribution < 1.29 is 5.11 Å². The Morgan fingerprint density at radius 2 is 2.00 bits per heavy atom. The van der Waals surface area contributed by atoms with Gasteiger partial charge < -0.3 is 10.8 Å². The maximum atomic E-state index is 9.67. The third-order valence-electron chi connectivity index (χ3n) is 2.18. The van der Waals surface area contributed by atoms with Crippen LogP contribution in [0.3, 0.4) is 0 Å². The molecule has 0 radical (unpaired) electrons. The van der Waals surface area contributed by atoms with E-state index in [1.165, 1.54) is 0 Å². The maximum Gasteiger partial charge on any atom is 0.147 e. The van der Waals surface area contributed by atoms with Gasteiger partial charge in [0.2, 0.25) is 0 Å². The van der Waals surface area contributed by atoms with Crippen LogP contribution in [0.25, 0.3) is 5.76 Å². The quantitative estimate of drug-likeness (QED) is 0.615. The second-order valence-electron chi connectivity index (χ2n) is 3.02. The summed E-state index contributed by atoms with van der Waals surface area (Å²) >= 11 is 5.04. The van der Waals surface area contributed by atoms with Crippen molar-refractivity contribution in [2.75, 3.05) is 0 Å². The van der Waals surface area contributed by atoms with E-state index >= 15 is 0 Å². The highest BCUT2D eigenvalue weighted by Crippen LogP contribution is 2.25. The second-order valence-corrected chi connectivity index (χ2v) is 3.51. The van der Waals surface area contributed by atoms with Crippen LogP contribution >= 0.6 is 12.2 Å². The van der Waals surface area contributed by atoms with Crippen molar-refractivity contribution in [3.63, 3.8) is 0 Å². The first-order valence-electron chi connectivity index (χ1n) is 4.00. The number of rotatable bonds is 0. The smallest absolute Gasteiger partial charge is 0.147 e. The van der Waals surface area contributed by atoms with Gasteiger partial charge in [-0.1, -0.05) is 36.5 Å². The summed E-state index contributed by atoms with van der Waals surface area (Å²) in [5.41, 5.74) is 7.81. The van der Waals surface area contributed by atoms with Crippen molar-refractivity contribution in [2.24, 2.45) is 5.73 Å². The number of nitrogens with two attached hydrogens (primary N) is 1. The standard InChI is InChI=1S/C10H9NOS/c11-9-8(13)5-6-3-1-2-4-7(6)10(9)12/h1-4,12H,5,11H2. The summed E-state index contributed by atoms with van der Waals surface area (Å²) in [4.78, 5) is 0.621. The molecule has 1 aliphatic rings. The van der Waals surface area contributed by atoms with Gasteiger partial charge in [-0.05, 0) is 5.56 Å². The van der Waals surface area contributed by atoms with Crippen LogP contribution in [0.15, 0.2) is 30.0 Å². The Morgan fingerprint density at radius 3 is 2.77 bits per heavy atom. The van der Waals surface area contributed by atoms with Gasteiger partial charge in [-0.25, -0.2) is 0 Å². The molecular weight excluding hydrogens is 182 g/mol. The third kappa shape index (κ3) is 1.21. The van der Waals surface area contributed by atoms with Gasteiger partial charge in [0.05, 0.1) is 5.70 Å². The zero-order chi connectivity index (χ0) is 9.42. The lowest BCUT2D eigenvalue weighted by molar-refractivity contribution is 0.506. The molecule has 3 N–H and O–H groups in total. The molecule has 0 heterocycles. The molecule has 2 nitrogen and oxygen atoms in total. The van der Waals surface area contributed by atoms with Gasteiger partial charge in [-0.3, -0.25) is 0 Å². The highest BCUT2D eigenvalue weighted by Gasteiger charge is 2.19. The van der Waals surface area contributed by atoms with E-state index in [0.29, 0.717) is 17.0 Å². The van der Waals surface area contributed by atoms with Crippen molar-refractivity contribution in [1.82, 2.24) is 0 Å². The number of aliphatic hydroxyl groups is 1. The van der Waals surface area contributed by atoms with Crippen LogP contribution in [0.4, 0.5) is 0 Å². The highest BCUT2D eigenvalue weighted by atomic mass is 32.1. The molecule has 0 aliphatic heterocycles. The fraction of sp³-hybridized carbons (Fsp3) is 0.100. The first-order valence-corrected chi connectivity index (χ1v) is 4.41. The molecule has 0 spiro atoms. The molecule has 0 saturated carbocycles. The molecule has 1 aromatic carbocycles. The van der Waals surface area contributed by atoms with Crippen molar-refractivity contribution in [2.45, 2.75) is 6.42 Å². The molecular formula is C10H9NOS. The number of hydrogen-bond acceptors (Lipinski definition) is 3. The van der Waals surface area contributed by atoms with Crippen LogP contribution in [0.2, 0.25) is 0 Å². The average molecular weight is 191 g/mol. The first-order chi connectivity index (χ1) is 6.20. The zero-order valence-electron chi connectivity index (χ0n) is 6.95. The molecule has 1 aliphatic carbocycles. The molecule has 3 heteroatoms. The molecule has 0 fully saturated rings. The van der Waals surface area contributed by atoms with E-state index in [2.05, 4.69) is 0 Å². The number of hydrogen-bond donors (Lipinski definition) is 2. The molecule has 0 bridgehead atoms. The summed E-state index contributed by atoms with van der Waals surface area (Å²) in [5, 5.41) is 9.67. The van der Waals surface area contributed by atoms with Gasteiger partial charge in [0.25, 0.3) is 0 Å². The number of fused-ring (bicyclic) bond motifs is 1. The minimum Gasteiger partial charge on any atom is -0.505 e. The van der Waals surface area contributed by atoms with Crippen LogP contribution < -0.4 is 5.73 Å². The molecule has 0 saturated heterocycles. The van der Waals surface area contributed by atoms with Gasteiger partial charge in [-0.15, -0.1) is 0 Å². The molecule has 0 amide bonds. The summed E-state index contributed by atoms with van der Waals surface area (Å²) in [7, 11) is 0. The third-order valence-corrected chi connectivity index (χ3v) is 2.54. The van der Waals surface area contributed by atoms with Crippen molar-refractivity contribution in [3.05, 3.63) is 41.1 Å². The normalized spacial score (nSPS) is 15.8. The van der Waals surface area contributed by atoms with Gasteiger partial charge in [0, 0.05) is 16.8 Å². The van der Waals surface area contributed by atoms with E-state index < -0.39 is 0 Å². The average Bonchev–Trinajstić information content (AvgIpc) is 2.15. The fourth-order valence-electron chi connectivity index (χ4n) is 1.45. The van der Waals surface area contributed by atoms with Crippen LogP contribution in [-0.2, 0) is 6.42 Å². The predicted octanol–water partition coefficient (Wildman–Crippen LogP) is 1.80. The molecule has 0 atom stereocenters. The number of benzene rings is 1. The molecule has 66 valence electrons. The van der Waals surface area contributed by atoms with Crippen LogP contribution in [-0.4, -0.2) is 9.97 Å². The summed E-state index contributed by atoms with van der Waals surface area (Å²) in [6.07, 6.45) is 0.654. The minimum absolute atomic E-state index is 0.117. The summed E-state index contributed by atoms with van der Waals surface area (Å²) in [5.74, 6) is 0.117. The summed E-state index contributed by atoms with van der Waals surface area (Å²) in [6.45, 7) is 0. The number of aliphatic hydroxyl groups excluding tert-OH is 1. The Bertz CT molecular complexity index is 409. The second kappa shape index (κ2) is 2.85. The summed E-state index contributed by atoms with van der Waals surface area (Å²) in [6, 6.07) is 7.59. The Hall–Kier alpha value is -1.35. The van der Waals surface area contributed by atoms with E-state index in [1.807, 2.05) is 24.3 Å². The molecule has 0 unspecified atom stereocenters. The topological polar surface area (TPSA) is 46.2 Å². The molecule has 1 aromatic rings. The van der Waals surface area contributed by atoms with E-state index in [0.717, 1.165) is 11.1 Å². The van der Waals surface area contributed by atoms with Crippen molar-refractivity contribution >= 4 is 22.8 Å². The number of allylic oxidation sites excluding steroid dienone is 1. The first kappa shape index (κ1) is 8.26. The summed E-state index contributed by atoms with van der Waals surface area (Å²) < 4.78 is 0. The molecule has 13 heavy (non-hydrogen) atoms. The predicted molar refractivity (Wildman–Crippen MR) is 56.5 cm³/mol. The van der Waals surface area contributed by atoms with E-state index in [4.69, 9.17) is 18.0 Å². The Balaban J connectivity index is 2.66. The van der Waals surface area contributed by atoms with Gasteiger partial charge in [0.1, 0.15) is 5.76 Å². The highest BCUT2D eigenvalue weighted by molar-refractivity contribution is 7.80. The monoisotopic (exact) mass is 191 g/mol. The Labute approximate surface area is 81.7 Å². The SMILES string of the molecule is NC1=C(O)c2ccccc2CC1=S. The van der Waals surface area contributed by atoms with Gasteiger partial charge in [0.15, 0.2) is 0 Å². The molecule has 2 rings (SSSR count). The largest absolute Gasteiger partial charge is 0.505 e. The minimum atomic E-state index is 0.117. The number of thiocarbonyl (C=S) groups is 1. The molecule has 0 aromatic heterocycles. The van der Waals surface area contributed by atoms with Gasteiger partial charge >= 0.3 is 0 Å². The Kier molecular flexibility index (Phi) is 1.81. The van der Waals surface area contributed by atoms with E-state index in [9.17, 15) is 5.11 Å². The van der Waals surface area contributed by atoms with E-state index in [1.54, 1.807) is 0 Å². The van der Waals surface area contributed by atoms with Crippen LogP contribution in [0.1, 0.15) is 11.1 Å². The van der Waals surface area contributed by atoms with Crippen LogP contribution in [0.5, 0.6) is 0 Å². The van der Waals surface area contributed by atoms with Crippen molar-refractivity contribution in [1.29, 1.82) is 0 Å². The van der Waals surface area contributed by atoms with Gasteiger partial charge in [-0.2, -0.15) is 0 Å². The fourth-order valence-corrected chi connectivity index (χ4v) is 1.70. The Morgan fingerprint density at radius 1 is 1.31 bits per heavy atom. The lowest BCUT2D eigenvalue weighted by Crippen LogP contribution is -2.19. The lowest BCUT2D eigenvalue weighted by atomic mass is 9.94. The zero-order valence-corrected chi connectivity index (χ0v) is 7.77. The van der Waals surface area contributed by atoms with E-state index in [-0.39, 0.29) is 5.76 Å². The maximum absolute atomic E-state index is 9.67. The van der Waals surface area contributed by atoms with Crippen molar-refractivity contribution in [3.8, 4) is 0 Å². The van der Waals surface area contributed by atoms with Crippen LogP contribution in [0, 0.1) is 0 Å². The lowest BCUT2D eigenvalue weighted by Gasteiger charge is -2.17.